The van der Waals surface area contributed by atoms with Gasteiger partial charge in [-0.05, 0) is 46.5 Å². The number of unbranched alkanes of at least 4 members (excludes halogenated alkanes) is 5. The predicted molar refractivity (Wildman–Crippen MR) is 106 cm³/mol. The van der Waals surface area contributed by atoms with Gasteiger partial charge in [-0.3, -0.25) is 4.79 Å². The highest BCUT2D eigenvalue weighted by Crippen LogP contribution is 2.10. The highest BCUT2D eigenvalue weighted by atomic mass is 35.5. The molecule has 0 atom stereocenters. The predicted octanol–water partition coefficient (Wildman–Crippen LogP) is 4.74. The molecule has 156 valence electrons. The van der Waals surface area contributed by atoms with Crippen LogP contribution in [-0.4, -0.2) is 57.1 Å². The van der Waals surface area contributed by atoms with Gasteiger partial charge in [-0.15, -0.1) is 11.6 Å². The summed E-state index contributed by atoms with van der Waals surface area (Å²) < 4.78 is 21.7. The molecule has 0 spiro atoms. The number of alkyl halides is 1. The minimum Gasteiger partial charge on any atom is -0.460 e. The molecule has 0 saturated heterocycles. The first-order valence-corrected chi connectivity index (χ1v) is 10.5. The van der Waals surface area contributed by atoms with Gasteiger partial charge in [-0.2, -0.15) is 0 Å². The average Bonchev–Trinajstić information content (AvgIpc) is 2.56. The van der Waals surface area contributed by atoms with Crippen LogP contribution in [0.3, 0.4) is 0 Å². The van der Waals surface area contributed by atoms with Crippen molar-refractivity contribution in [3.63, 3.8) is 0 Å². The van der Waals surface area contributed by atoms with Crippen LogP contribution in [0, 0.1) is 0 Å². The van der Waals surface area contributed by atoms with Gasteiger partial charge in [0.1, 0.15) is 5.60 Å². The lowest BCUT2D eigenvalue weighted by Crippen LogP contribution is -2.23. The smallest absolute Gasteiger partial charge is 0.306 e. The summed E-state index contributed by atoms with van der Waals surface area (Å²) in [5.41, 5.74) is -0.393. The van der Waals surface area contributed by atoms with Crippen molar-refractivity contribution in [2.24, 2.45) is 0 Å². The Balaban J connectivity index is 3.12. The van der Waals surface area contributed by atoms with Gasteiger partial charge in [0.2, 0.25) is 0 Å². The molecule has 0 aromatic carbocycles. The fourth-order valence-corrected chi connectivity index (χ4v) is 2.43. The topological polar surface area (TPSA) is 54.0 Å². The molecule has 0 heterocycles. The molecule has 6 heteroatoms. The molecule has 0 fully saturated rings. The lowest BCUT2D eigenvalue weighted by molar-refractivity contribution is -0.154. The van der Waals surface area contributed by atoms with Gasteiger partial charge in [0.15, 0.2) is 0 Å². The fraction of sp³-hybridized carbons (Fsp3) is 0.950. The van der Waals surface area contributed by atoms with Crippen LogP contribution in [0.1, 0.15) is 72.1 Å². The summed E-state index contributed by atoms with van der Waals surface area (Å²) in [5, 5.41) is 0. The summed E-state index contributed by atoms with van der Waals surface area (Å²) in [6, 6.07) is 0. The maximum absolute atomic E-state index is 11.5. The zero-order valence-corrected chi connectivity index (χ0v) is 17.8. The molecule has 0 rings (SSSR count). The van der Waals surface area contributed by atoms with Gasteiger partial charge in [-0.25, -0.2) is 0 Å². The lowest BCUT2D eigenvalue weighted by Gasteiger charge is -2.19. The van der Waals surface area contributed by atoms with Crippen LogP contribution in [0.5, 0.6) is 0 Å². The van der Waals surface area contributed by atoms with E-state index in [1.54, 1.807) is 0 Å². The van der Waals surface area contributed by atoms with E-state index in [-0.39, 0.29) is 5.97 Å². The van der Waals surface area contributed by atoms with Crippen LogP contribution in [0.2, 0.25) is 0 Å². The highest BCUT2D eigenvalue weighted by Gasteiger charge is 2.15. The summed E-state index contributed by atoms with van der Waals surface area (Å²) in [4.78, 5) is 11.5. The molecule has 0 radical (unpaired) electrons. The first kappa shape index (κ1) is 25.6. The Kier molecular flexibility index (Phi) is 17.8. The van der Waals surface area contributed by atoms with E-state index < -0.39 is 5.60 Å². The molecule has 0 aromatic heterocycles. The van der Waals surface area contributed by atoms with E-state index in [1.165, 1.54) is 12.8 Å². The maximum atomic E-state index is 11.5. The Bertz CT molecular complexity index is 318. The van der Waals surface area contributed by atoms with Crippen molar-refractivity contribution in [3.8, 4) is 0 Å². The molecular weight excluding hydrogens is 356 g/mol. The molecule has 26 heavy (non-hydrogen) atoms. The Morgan fingerprint density at radius 1 is 0.692 bits per heavy atom. The Hall–Kier alpha value is -0.360. The third kappa shape index (κ3) is 21.7. The Morgan fingerprint density at radius 2 is 1.15 bits per heavy atom. The minimum absolute atomic E-state index is 0.121. The monoisotopic (exact) mass is 394 g/mol. The number of carbonyl (C=O) groups excluding carboxylic acids is 1. The molecule has 0 aliphatic carbocycles. The molecule has 0 aromatic rings. The molecule has 0 N–H and O–H groups in total. The first-order chi connectivity index (χ1) is 12.5. The zero-order chi connectivity index (χ0) is 19.5. The second-order valence-electron chi connectivity index (χ2n) is 7.34. The lowest BCUT2D eigenvalue weighted by atomic mass is 10.1. The van der Waals surface area contributed by atoms with Gasteiger partial charge in [0.05, 0.1) is 26.4 Å². The van der Waals surface area contributed by atoms with Crippen LogP contribution in [0.25, 0.3) is 0 Å². The number of ether oxygens (including phenoxy) is 4. The molecule has 0 amide bonds. The van der Waals surface area contributed by atoms with Crippen LogP contribution in [0.15, 0.2) is 0 Å². The number of rotatable bonds is 18. The third-order valence-electron chi connectivity index (χ3n) is 3.51. The van der Waals surface area contributed by atoms with Crippen molar-refractivity contribution < 1.29 is 23.7 Å². The van der Waals surface area contributed by atoms with E-state index in [9.17, 15) is 4.79 Å². The van der Waals surface area contributed by atoms with Crippen molar-refractivity contribution >= 4 is 17.6 Å². The average molecular weight is 395 g/mol. The van der Waals surface area contributed by atoms with E-state index in [0.717, 1.165) is 44.6 Å². The highest BCUT2D eigenvalue weighted by molar-refractivity contribution is 6.17. The molecule has 0 aliphatic rings. The number of halogens is 1. The Labute approximate surface area is 165 Å². The SMILES string of the molecule is CC(C)(C)OC(=O)CCCCCOCCOCCOCCCCCCCl. The van der Waals surface area contributed by atoms with E-state index in [2.05, 4.69) is 0 Å². The summed E-state index contributed by atoms with van der Waals surface area (Å²) >= 11 is 5.62. The van der Waals surface area contributed by atoms with Crippen molar-refractivity contribution in [3.05, 3.63) is 0 Å². The third-order valence-corrected chi connectivity index (χ3v) is 3.77. The van der Waals surface area contributed by atoms with Crippen LogP contribution in [0.4, 0.5) is 0 Å². The van der Waals surface area contributed by atoms with Crippen molar-refractivity contribution in [2.45, 2.75) is 77.7 Å². The molecule has 5 nitrogen and oxygen atoms in total. The van der Waals surface area contributed by atoms with E-state index in [1.807, 2.05) is 20.8 Å². The summed E-state index contributed by atoms with van der Waals surface area (Å²) in [5.74, 6) is 0.632. The zero-order valence-electron chi connectivity index (χ0n) is 17.0. The van der Waals surface area contributed by atoms with Crippen molar-refractivity contribution in [1.82, 2.24) is 0 Å². The van der Waals surface area contributed by atoms with Gasteiger partial charge >= 0.3 is 5.97 Å². The second-order valence-corrected chi connectivity index (χ2v) is 7.72. The quantitative estimate of drug-likeness (QED) is 0.191. The molecule has 0 bridgehead atoms. The van der Waals surface area contributed by atoms with Gasteiger partial charge < -0.3 is 18.9 Å². The van der Waals surface area contributed by atoms with E-state index >= 15 is 0 Å². The second kappa shape index (κ2) is 18.0. The minimum atomic E-state index is -0.393. The van der Waals surface area contributed by atoms with Crippen LogP contribution >= 0.6 is 11.6 Å². The maximum Gasteiger partial charge on any atom is 0.306 e. The normalized spacial score (nSPS) is 11.7. The molecular formula is C20H39ClO5. The first-order valence-electron chi connectivity index (χ1n) is 9.97. The van der Waals surface area contributed by atoms with Gasteiger partial charge in [0, 0.05) is 25.5 Å². The molecule has 0 saturated carbocycles. The fourth-order valence-electron chi connectivity index (χ4n) is 2.24. The largest absolute Gasteiger partial charge is 0.460 e. The van der Waals surface area contributed by atoms with Crippen LogP contribution in [-0.2, 0) is 23.7 Å². The number of esters is 1. The summed E-state index contributed by atoms with van der Waals surface area (Å²) in [7, 11) is 0. The number of carbonyl (C=O) groups is 1. The van der Waals surface area contributed by atoms with E-state index in [4.69, 9.17) is 30.5 Å². The van der Waals surface area contributed by atoms with Gasteiger partial charge in [0.25, 0.3) is 0 Å². The number of hydrogen-bond donors (Lipinski definition) is 0. The summed E-state index contributed by atoms with van der Waals surface area (Å²) in [6.07, 6.45) is 7.79. The molecule has 0 aliphatic heterocycles. The van der Waals surface area contributed by atoms with Crippen LogP contribution < -0.4 is 0 Å². The number of hydrogen-bond acceptors (Lipinski definition) is 5. The standard InChI is InChI=1S/C20H39ClO5/c1-20(2,3)26-19(22)11-7-6-10-14-24-16-18-25-17-15-23-13-9-5-4-8-12-21/h4-18H2,1-3H3. The van der Waals surface area contributed by atoms with Gasteiger partial charge in [-0.1, -0.05) is 19.3 Å². The molecule has 0 unspecified atom stereocenters. The van der Waals surface area contributed by atoms with Crippen molar-refractivity contribution in [1.29, 1.82) is 0 Å². The van der Waals surface area contributed by atoms with Crippen molar-refractivity contribution in [2.75, 3.05) is 45.5 Å². The van der Waals surface area contributed by atoms with E-state index in [0.29, 0.717) is 39.5 Å². The Morgan fingerprint density at radius 3 is 1.65 bits per heavy atom. The summed E-state index contributed by atoms with van der Waals surface area (Å²) in [6.45, 7) is 9.61.